The van der Waals surface area contributed by atoms with Crippen LogP contribution in [0.15, 0.2) is 42.6 Å². The van der Waals surface area contributed by atoms with Gasteiger partial charge in [0.25, 0.3) is 0 Å². The molecule has 2 heterocycles. The lowest BCUT2D eigenvalue weighted by atomic mass is 10.1. The molecule has 0 bridgehead atoms. The van der Waals surface area contributed by atoms with Gasteiger partial charge in [0.1, 0.15) is 0 Å². The lowest BCUT2D eigenvalue weighted by Crippen LogP contribution is -1.96. The molecule has 3 aromatic rings. The van der Waals surface area contributed by atoms with Crippen LogP contribution < -0.4 is 5.73 Å². The average Bonchev–Trinajstić information content (AvgIpc) is 2.66. The molecule has 0 amide bonds. The first-order chi connectivity index (χ1) is 8.25. The fraction of sp³-hybridized carbons (Fsp3) is 0.0769. The molecule has 0 unspecified atom stereocenters. The molecule has 0 aliphatic rings. The number of nitrogen functional groups attached to an aromatic ring is 1. The van der Waals surface area contributed by atoms with E-state index >= 15 is 0 Å². The van der Waals surface area contributed by atoms with E-state index in [0.717, 1.165) is 16.6 Å². The Morgan fingerprint density at radius 1 is 1.12 bits per heavy atom. The highest BCUT2D eigenvalue weighted by molar-refractivity contribution is 5.80. The standard InChI is InChI=1S/C13H12N4/c1-17-11-7-10(9-5-3-2-4-6-9)8-15-12(11)16-13(17)14/h2-8H,1H3,(H2,14,15,16). The smallest absolute Gasteiger partial charge is 0.202 e. The molecule has 0 saturated heterocycles. The number of benzene rings is 1. The number of imidazole rings is 1. The number of aryl methyl sites for hydroxylation is 1. The number of anilines is 1. The van der Waals surface area contributed by atoms with E-state index in [2.05, 4.69) is 28.2 Å². The summed E-state index contributed by atoms with van der Waals surface area (Å²) in [6, 6.07) is 12.2. The van der Waals surface area contributed by atoms with Crippen molar-refractivity contribution >= 4 is 17.1 Å². The zero-order valence-electron chi connectivity index (χ0n) is 9.46. The van der Waals surface area contributed by atoms with E-state index in [4.69, 9.17) is 5.73 Å². The lowest BCUT2D eigenvalue weighted by Gasteiger charge is -2.01. The quantitative estimate of drug-likeness (QED) is 0.689. The Balaban J connectivity index is 2.23. The van der Waals surface area contributed by atoms with Crippen molar-refractivity contribution in [2.45, 2.75) is 0 Å². The molecular formula is C13H12N4. The minimum absolute atomic E-state index is 0.484. The second-order valence-corrected chi connectivity index (χ2v) is 3.96. The molecule has 0 radical (unpaired) electrons. The third-order valence-electron chi connectivity index (χ3n) is 2.88. The predicted molar refractivity (Wildman–Crippen MR) is 68.4 cm³/mol. The summed E-state index contributed by atoms with van der Waals surface area (Å²) in [6.07, 6.45) is 1.82. The van der Waals surface area contributed by atoms with Crippen molar-refractivity contribution in [3.8, 4) is 11.1 Å². The zero-order valence-corrected chi connectivity index (χ0v) is 9.46. The molecule has 3 rings (SSSR count). The van der Waals surface area contributed by atoms with Crippen molar-refractivity contribution in [1.82, 2.24) is 14.5 Å². The van der Waals surface area contributed by atoms with Crippen LogP contribution in [0.4, 0.5) is 5.95 Å². The van der Waals surface area contributed by atoms with E-state index in [-0.39, 0.29) is 0 Å². The number of pyridine rings is 1. The number of fused-ring (bicyclic) bond motifs is 1. The summed E-state index contributed by atoms with van der Waals surface area (Å²) in [5.41, 5.74) is 9.60. The monoisotopic (exact) mass is 224 g/mol. The highest BCUT2D eigenvalue weighted by Gasteiger charge is 2.07. The number of nitrogens with zero attached hydrogens (tertiary/aromatic N) is 3. The van der Waals surface area contributed by atoms with Gasteiger partial charge in [-0.2, -0.15) is 4.98 Å². The van der Waals surface area contributed by atoms with E-state index in [1.807, 2.05) is 36.0 Å². The van der Waals surface area contributed by atoms with Crippen molar-refractivity contribution in [3.63, 3.8) is 0 Å². The maximum absolute atomic E-state index is 5.75. The highest BCUT2D eigenvalue weighted by Crippen LogP contribution is 2.22. The Hall–Kier alpha value is -2.36. The summed E-state index contributed by atoms with van der Waals surface area (Å²) >= 11 is 0. The molecule has 1 aromatic carbocycles. The molecule has 2 N–H and O–H groups in total. The van der Waals surface area contributed by atoms with Gasteiger partial charge in [0.05, 0.1) is 5.52 Å². The summed E-state index contributed by atoms with van der Waals surface area (Å²) in [6.45, 7) is 0. The molecule has 2 aromatic heterocycles. The number of nitrogens with two attached hydrogens (primary N) is 1. The average molecular weight is 224 g/mol. The Morgan fingerprint density at radius 3 is 2.65 bits per heavy atom. The molecule has 0 atom stereocenters. The first-order valence-electron chi connectivity index (χ1n) is 5.39. The van der Waals surface area contributed by atoms with Crippen molar-refractivity contribution in [3.05, 3.63) is 42.6 Å². The van der Waals surface area contributed by atoms with Gasteiger partial charge < -0.3 is 10.3 Å². The fourth-order valence-corrected chi connectivity index (χ4v) is 1.87. The minimum Gasteiger partial charge on any atom is -0.369 e. The lowest BCUT2D eigenvalue weighted by molar-refractivity contribution is 0.965. The molecule has 0 aliphatic carbocycles. The molecule has 84 valence electrons. The van der Waals surface area contributed by atoms with Gasteiger partial charge in [0.2, 0.25) is 5.95 Å². The Labute approximate surface area is 98.7 Å². The van der Waals surface area contributed by atoms with Gasteiger partial charge in [0.15, 0.2) is 5.65 Å². The van der Waals surface area contributed by atoms with Crippen LogP contribution in [0, 0.1) is 0 Å². The Morgan fingerprint density at radius 2 is 1.88 bits per heavy atom. The van der Waals surface area contributed by atoms with Crippen molar-refractivity contribution in [1.29, 1.82) is 0 Å². The van der Waals surface area contributed by atoms with Gasteiger partial charge in [-0.3, -0.25) is 0 Å². The van der Waals surface area contributed by atoms with E-state index in [1.165, 1.54) is 0 Å². The van der Waals surface area contributed by atoms with Crippen LogP contribution in [0.1, 0.15) is 0 Å². The van der Waals surface area contributed by atoms with Crippen LogP contribution >= 0.6 is 0 Å². The third kappa shape index (κ3) is 1.54. The van der Waals surface area contributed by atoms with Crippen LogP contribution in [0.2, 0.25) is 0 Å². The van der Waals surface area contributed by atoms with E-state index in [0.29, 0.717) is 11.6 Å². The molecule has 4 heteroatoms. The normalized spacial score (nSPS) is 10.9. The molecule has 4 nitrogen and oxygen atoms in total. The fourth-order valence-electron chi connectivity index (χ4n) is 1.87. The van der Waals surface area contributed by atoms with Gasteiger partial charge in [-0.15, -0.1) is 0 Å². The second kappa shape index (κ2) is 3.59. The summed E-state index contributed by atoms with van der Waals surface area (Å²) in [7, 11) is 1.89. The molecule has 0 aliphatic heterocycles. The first-order valence-corrected chi connectivity index (χ1v) is 5.39. The zero-order chi connectivity index (χ0) is 11.8. The number of hydrogen-bond acceptors (Lipinski definition) is 3. The molecule has 0 saturated carbocycles. The van der Waals surface area contributed by atoms with Crippen molar-refractivity contribution < 1.29 is 0 Å². The SMILES string of the molecule is Cn1c(N)nc2ncc(-c3ccccc3)cc21. The van der Waals surface area contributed by atoms with Gasteiger partial charge in [0, 0.05) is 18.8 Å². The van der Waals surface area contributed by atoms with E-state index < -0.39 is 0 Å². The highest BCUT2D eigenvalue weighted by atomic mass is 15.2. The molecule has 0 fully saturated rings. The topological polar surface area (TPSA) is 56.7 Å². The van der Waals surface area contributed by atoms with Gasteiger partial charge in [-0.1, -0.05) is 30.3 Å². The van der Waals surface area contributed by atoms with Crippen LogP contribution in [0.5, 0.6) is 0 Å². The number of rotatable bonds is 1. The summed E-state index contributed by atoms with van der Waals surface area (Å²) in [5.74, 6) is 0.484. The first kappa shape index (κ1) is 9.84. The van der Waals surface area contributed by atoms with Crippen molar-refractivity contribution in [2.24, 2.45) is 7.05 Å². The summed E-state index contributed by atoms with van der Waals surface area (Å²) < 4.78 is 1.84. The van der Waals surface area contributed by atoms with Crippen LogP contribution in [0.25, 0.3) is 22.3 Å². The Bertz CT molecular complexity index is 670. The largest absolute Gasteiger partial charge is 0.369 e. The molecule has 0 spiro atoms. The third-order valence-corrected chi connectivity index (χ3v) is 2.88. The van der Waals surface area contributed by atoms with Gasteiger partial charge in [-0.05, 0) is 11.6 Å². The van der Waals surface area contributed by atoms with Gasteiger partial charge >= 0.3 is 0 Å². The van der Waals surface area contributed by atoms with Crippen LogP contribution in [0.3, 0.4) is 0 Å². The van der Waals surface area contributed by atoms with E-state index in [1.54, 1.807) is 0 Å². The van der Waals surface area contributed by atoms with Crippen LogP contribution in [-0.2, 0) is 7.05 Å². The Kier molecular flexibility index (Phi) is 2.08. The maximum atomic E-state index is 5.75. The van der Waals surface area contributed by atoms with Crippen LogP contribution in [-0.4, -0.2) is 14.5 Å². The minimum atomic E-state index is 0.484. The summed E-state index contributed by atoms with van der Waals surface area (Å²) in [4.78, 5) is 8.50. The van der Waals surface area contributed by atoms with Gasteiger partial charge in [-0.25, -0.2) is 4.98 Å². The predicted octanol–water partition coefficient (Wildman–Crippen LogP) is 2.22. The van der Waals surface area contributed by atoms with Crippen molar-refractivity contribution in [2.75, 3.05) is 5.73 Å². The molecule has 17 heavy (non-hydrogen) atoms. The van der Waals surface area contributed by atoms with E-state index in [9.17, 15) is 0 Å². The maximum Gasteiger partial charge on any atom is 0.202 e. The number of hydrogen-bond donors (Lipinski definition) is 1. The second-order valence-electron chi connectivity index (χ2n) is 3.96. The molecular weight excluding hydrogens is 212 g/mol. The summed E-state index contributed by atoms with van der Waals surface area (Å²) in [5, 5.41) is 0. The number of aromatic nitrogens is 3.